The minimum absolute atomic E-state index is 0. The molecule has 0 saturated heterocycles. The van der Waals surface area contributed by atoms with Crippen molar-refractivity contribution in [2.75, 3.05) is 5.73 Å². The van der Waals surface area contributed by atoms with Gasteiger partial charge >= 0.3 is 0 Å². The monoisotopic (exact) mass is 259 g/mol. The molecule has 62 valence electrons. The standard InChI is InChI=1S/C6H4BrClFN.ClH/c7-3-1-4(8)6(9)5(10)2-3;/h1-2H,10H2;1H. The predicted octanol–water partition coefficient (Wildman–Crippen LogP) is 3.25. The van der Waals surface area contributed by atoms with Crippen LogP contribution in [0.5, 0.6) is 0 Å². The summed E-state index contributed by atoms with van der Waals surface area (Å²) in [5.41, 5.74) is 5.29. The Kier molecular flexibility index (Phi) is 4.14. The predicted molar refractivity (Wildman–Crippen MR) is 50.8 cm³/mol. The molecule has 0 amide bonds. The van der Waals surface area contributed by atoms with E-state index in [1.807, 2.05) is 0 Å². The van der Waals surface area contributed by atoms with Gasteiger partial charge in [0.25, 0.3) is 0 Å². The Labute approximate surface area is 83.3 Å². The highest BCUT2D eigenvalue weighted by Gasteiger charge is 2.03. The second-order valence-corrected chi connectivity index (χ2v) is 3.11. The van der Waals surface area contributed by atoms with Gasteiger partial charge in [-0.25, -0.2) is 4.39 Å². The van der Waals surface area contributed by atoms with Crippen molar-refractivity contribution >= 4 is 45.6 Å². The fourth-order valence-electron chi connectivity index (χ4n) is 0.576. The summed E-state index contributed by atoms with van der Waals surface area (Å²) in [6, 6.07) is 2.91. The van der Waals surface area contributed by atoms with E-state index in [9.17, 15) is 4.39 Å². The highest BCUT2D eigenvalue weighted by molar-refractivity contribution is 9.10. The molecule has 11 heavy (non-hydrogen) atoms. The van der Waals surface area contributed by atoms with Crippen LogP contribution in [-0.2, 0) is 0 Å². The van der Waals surface area contributed by atoms with Gasteiger partial charge in [-0.3, -0.25) is 0 Å². The number of halogens is 4. The Bertz CT molecular complexity index is 244. The number of hydrogen-bond acceptors (Lipinski definition) is 1. The molecule has 0 saturated carbocycles. The van der Waals surface area contributed by atoms with E-state index in [-0.39, 0.29) is 23.1 Å². The Morgan fingerprint density at radius 3 is 2.45 bits per heavy atom. The zero-order valence-corrected chi connectivity index (χ0v) is 8.43. The summed E-state index contributed by atoms with van der Waals surface area (Å²) >= 11 is 8.55. The fourth-order valence-corrected chi connectivity index (χ4v) is 1.41. The molecule has 0 aliphatic carbocycles. The highest BCUT2D eigenvalue weighted by Crippen LogP contribution is 2.25. The van der Waals surface area contributed by atoms with Crippen LogP contribution in [0, 0.1) is 5.82 Å². The van der Waals surface area contributed by atoms with E-state index in [1.165, 1.54) is 12.1 Å². The van der Waals surface area contributed by atoms with Crippen LogP contribution < -0.4 is 5.73 Å². The number of benzene rings is 1. The van der Waals surface area contributed by atoms with Crippen molar-refractivity contribution in [1.29, 1.82) is 0 Å². The second kappa shape index (κ2) is 4.14. The first kappa shape index (κ1) is 11.0. The molecule has 0 radical (unpaired) electrons. The molecule has 0 aliphatic rings. The summed E-state index contributed by atoms with van der Waals surface area (Å²) in [5.74, 6) is -0.565. The lowest BCUT2D eigenvalue weighted by Crippen LogP contribution is -1.90. The molecule has 0 atom stereocenters. The Balaban J connectivity index is 0.000001000. The van der Waals surface area contributed by atoms with Gasteiger partial charge in [0.15, 0.2) is 5.82 Å². The minimum Gasteiger partial charge on any atom is -0.396 e. The molecule has 0 spiro atoms. The Morgan fingerprint density at radius 2 is 2.00 bits per heavy atom. The van der Waals surface area contributed by atoms with Crippen LogP contribution in [0.4, 0.5) is 10.1 Å². The lowest BCUT2D eigenvalue weighted by atomic mass is 10.3. The number of rotatable bonds is 0. The van der Waals surface area contributed by atoms with E-state index in [0.717, 1.165) is 0 Å². The molecule has 0 unspecified atom stereocenters. The fraction of sp³-hybridized carbons (Fsp3) is 0. The quantitative estimate of drug-likeness (QED) is 0.563. The highest BCUT2D eigenvalue weighted by atomic mass is 79.9. The Morgan fingerprint density at radius 1 is 1.45 bits per heavy atom. The third-order valence-corrected chi connectivity index (χ3v) is 1.75. The largest absolute Gasteiger partial charge is 0.396 e. The number of anilines is 1. The second-order valence-electron chi connectivity index (χ2n) is 1.79. The van der Waals surface area contributed by atoms with Crippen LogP contribution in [0.1, 0.15) is 0 Å². The molecule has 0 heterocycles. The normalized spacial score (nSPS) is 9.00. The number of hydrogen-bond donors (Lipinski definition) is 1. The summed E-state index contributed by atoms with van der Waals surface area (Å²) in [7, 11) is 0. The van der Waals surface area contributed by atoms with E-state index >= 15 is 0 Å². The van der Waals surface area contributed by atoms with Gasteiger partial charge in [-0.1, -0.05) is 27.5 Å². The van der Waals surface area contributed by atoms with E-state index in [2.05, 4.69) is 15.9 Å². The molecule has 0 bridgehead atoms. The average Bonchev–Trinajstić information content (AvgIpc) is 1.82. The first-order valence-corrected chi connectivity index (χ1v) is 3.68. The third kappa shape index (κ3) is 2.51. The first-order valence-electron chi connectivity index (χ1n) is 2.51. The number of nitrogens with two attached hydrogens (primary N) is 1. The zero-order chi connectivity index (χ0) is 7.72. The molecule has 0 aliphatic heterocycles. The maximum atomic E-state index is 12.6. The van der Waals surface area contributed by atoms with Crippen LogP contribution in [0.2, 0.25) is 5.02 Å². The summed E-state index contributed by atoms with van der Waals surface area (Å²) < 4.78 is 13.3. The van der Waals surface area contributed by atoms with E-state index in [4.69, 9.17) is 17.3 Å². The first-order chi connectivity index (χ1) is 4.61. The molecule has 0 fully saturated rings. The molecule has 1 rings (SSSR count). The van der Waals surface area contributed by atoms with Gasteiger partial charge in [0, 0.05) is 4.47 Å². The van der Waals surface area contributed by atoms with Crippen molar-refractivity contribution in [1.82, 2.24) is 0 Å². The van der Waals surface area contributed by atoms with E-state index in [0.29, 0.717) is 4.47 Å². The van der Waals surface area contributed by atoms with Crippen LogP contribution in [0.25, 0.3) is 0 Å². The van der Waals surface area contributed by atoms with Crippen molar-refractivity contribution in [2.24, 2.45) is 0 Å². The van der Waals surface area contributed by atoms with Crippen molar-refractivity contribution < 1.29 is 4.39 Å². The minimum atomic E-state index is -0.565. The molecule has 0 aromatic heterocycles. The van der Waals surface area contributed by atoms with Crippen molar-refractivity contribution in [3.63, 3.8) is 0 Å². The van der Waals surface area contributed by atoms with Crippen molar-refractivity contribution in [3.8, 4) is 0 Å². The van der Waals surface area contributed by atoms with Gasteiger partial charge in [-0.15, -0.1) is 12.4 Å². The molecular formula is C6H5BrCl2FN. The van der Waals surface area contributed by atoms with E-state index < -0.39 is 5.82 Å². The van der Waals surface area contributed by atoms with E-state index in [1.54, 1.807) is 0 Å². The van der Waals surface area contributed by atoms with Crippen LogP contribution in [-0.4, -0.2) is 0 Å². The SMILES string of the molecule is Cl.Nc1cc(Br)cc(Cl)c1F. The smallest absolute Gasteiger partial charge is 0.164 e. The molecular weight excluding hydrogens is 256 g/mol. The van der Waals surface area contributed by atoms with Gasteiger partial charge in [-0.05, 0) is 12.1 Å². The summed E-state index contributed by atoms with van der Waals surface area (Å²) in [4.78, 5) is 0. The van der Waals surface area contributed by atoms with Gasteiger partial charge in [0.05, 0.1) is 10.7 Å². The third-order valence-electron chi connectivity index (χ3n) is 1.02. The van der Waals surface area contributed by atoms with Crippen LogP contribution in [0.15, 0.2) is 16.6 Å². The van der Waals surface area contributed by atoms with Crippen molar-refractivity contribution in [3.05, 3.63) is 27.4 Å². The molecule has 5 heteroatoms. The van der Waals surface area contributed by atoms with Gasteiger partial charge < -0.3 is 5.73 Å². The maximum absolute atomic E-state index is 12.6. The van der Waals surface area contributed by atoms with Crippen LogP contribution >= 0.6 is 39.9 Å². The number of nitrogen functional groups attached to an aromatic ring is 1. The summed E-state index contributed by atoms with van der Waals surface area (Å²) in [6.45, 7) is 0. The lowest BCUT2D eigenvalue weighted by Gasteiger charge is -1.98. The molecule has 1 aromatic rings. The zero-order valence-electron chi connectivity index (χ0n) is 5.27. The molecule has 2 N–H and O–H groups in total. The van der Waals surface area contributed by atoms with Crippen LogP contribution in [0.3, 0.4) is 0 Å². The van der Waals surface area contributed by atoms with Gasteiger partial charge in [0.2, 0.25) is 0 Å². The lowest BCUT2D eigenvalue weighted by molar-refractivity contribution is 0.632. The Hall–Kier alpha value is 0.01000. The topological polar surface area (TPSA) is 26.0 Å². The van der Waals surface area contributed by atoms with Crippen molar-refractivity contribution in [2.45, 2.75) is 0 Å². The summed E-state index contributed by atoms with van der Waals surface area (Å²) in [5, 5.41) is 0.0341. The average molecular weight is 261 g/mol. The maximum Gasteiger partial charge on any atom is 0.164 e. The van der Waals surface area contributed by atoms with Gasteiger partial charge in [0.1, 0.15) is 0 Å². The molecule has 1 nitrogen and oxygen atoms in total. The molecule has 1 aromatic carbocycles. The van der Waals surface area contributed by atoms with Gasteiger partial charge in [-0.2, -0.15) is 0 Å². The summed E-state index contributed by atoms with van der Waals surface area (Å²) in [6.07, 6.45) is 0.